The number of rotatable bonds is 6. The zero-order valence-electron chi connectivity index (χ0n) is 17.3. The minimum atomic E-state index is -0.141. The molecule has 7 heteroatoms. The molecule has 0 atom stereocenters. The average molecular weight is 432 g/mol. The lowest BCUT2D eigenvalue weighted by Gasteiger charge is -2.26. The van der Waals surface area contributed by atoms with Gasteiger partial charge in [0.25, 0.3) is 5.91 Å². The second kappa shape index (κ2) is 9.01. The van der Waals surface area contributed by atoms with Gasteiger partial charge in [-0.15, -0.1) is 11.3 Å². The van der Waals surface area contributed by atoms with E-state index in [0.717, 1.165) is 44.0 Å². The molecule has 0 bridgehead atoms. The van der Waals surface area contributed by atoms with Crippen LogP contribution >= 0.6 is 11.3 Å². The van der Waals surface area contributed by atoms with Crippen LogP contribution in [-0.2, 0) is 13.1 Å². The third-order valence-corrected chi connectivity index (χ3v) is 6.61. The van der Waals surface area contributed by atoms with Crippen molar-refractivity contribution in [2.75, 3.05) is 31.5 Å². The number of thiophene rings is 1. The third-order valence-electron chi connectivity index (χ3n) is 5.60. The second-order valence-electron chi connectivity index (χ2n) is 7.86. The molecule has 1 saturated heterocycles. The molecule has 5 rings (SSSR count). The maximum absolute atomic E-state index is 12.8. The van der Waals surface area contributed by atoms with E-state index in [1.54, 1.807) is 28.4 Å². The Morgan fingerprint density at radius 2 is 1.94 bits per heavy atom. The van der Waals surface area contributed by atoms with Crippen LogP contribution in [0.1, 0.15) is 21.5 Å². The second-order valence-corrected chi connectivity index (χ2v) is 8.78. The minimum Gasteiger partial charge on any atom is -0.322 e. The van der Waals surface area contributed by atoms with E-state index in [0.29, 0.717) is 12.1 Å². The number of aromatic nitrogens is 2. The number of carbonyl (C=O) groups is 1. The Hall–Kier alpha value is -3.00. The van der Waals surface area contributed by atoms with Crippen LogP contribution in [0.25, 0.3) is 10.1 Å². The standard InChI is InChI=1S/C24H25N5OS/c30-24(19-13-26-29(16-19)14-18-4-2-1-3-5-18)27-21-6-7-23-22(12-21)20(17-31-23)15-28-10-8-25-9-11-28/h1-7,12-13,16-17,25H,8-11,14-15H2,(H,27,30). The summed E-state index contributed by atoms with van der Waals surface area (Å²) in [5.41, 5.74) is 3.85. The lowest BCUT2D eigenvalue weighted by Crippen LogP contribution is -2.42. The van der Waals surface area contributed by atoms with Gasteiger partial charge >= 0.3 is 0 Å². The maximum atomic E-state index is 12.8. The predicted molar refractivity (Wildman–Crippen MR) is 126 cm³/mol. The number of piperazine rings is 1. The van der Waals surface area contributed by atoms with Crippen LogP contribution in [0.5, 0.6) is 0 Å². The van der Waals surface area contributed by atoms with Gasteiger partial charge < -0.3 is 10.6 Å². The molecule has 1 fully saturated rings. The van der Waals surface area contributed by atoms with Gasteiger partial charge in [0, 0.05) is 49.3 Å². The molecule has 0 unspecified atom stereocenters. The summed E-state index contributed by atoms with van der Waals surface area (Å²) in [6.45, 7) is 5.82. The summed E-state index contributed by atoms with van der Waals surface area (Å²) in [4.78, 5) is 15.3. The molecular formula is C24H25N5OS. The highest BCUT2D eigenvalue weighted by Gasteiger charge is 2.14. The highest BCUT2D eigenvalue weighted by Crippen LogP contribution is 2.30. The molecular weight excluding hydrogens is 406 g/mol. The molecule has 0 spiro atoms. The average Bonchev–Trinajstić information content (AvgIpc) is 3.43. The number of nitrogens with zero attached hydrogens (tertiary/aromatic N) is 3. The summed E-state index contributed by atoms with van der Waals surface area (Å²) in [7, 11) is 0. The van der Waals surface area contributed by atoms with E-state index in [1.165, 1.54) is 15.6 Å². The summed E-state index contributed by atoms with van der Waals surface area (Å²) in [6.07, 6.45) is 3.42. The van der Waals surface area contributed by atoms with Gasteiger partial charge in [-0.3, -0.25) is 14.4 Å². The Balaban J connectivity index is 1.28. The van der Waals surface area contributed by atoms with Crippen molar-refractivity contribution in [2.45, 2.75) is 13.1 Å². The first-order chi connectivity index (χ1) is 15.2. The van der Waals surface area contributed by atoms with Crippen molar-refractivity contribution >= 4 is 33.0 Å². The predicted octanol–water partition coefficient (Wildman–Crippen LogP) is 3.80. The summed E-state index contributed by atoms with van der Waals surface area (Å²) < 4.78 is 3.04. The molecule has 1 aliphatic rings. The Labute approximate surface area is 185 Å². The van der Waals surface area contributed by atoms with Crippen LogP contribution in [0.4, 0.5) is 5.69 Å². The van der Waals surface area contributed by atoms with Gasteiger partial charge in [0.1, 0.15) is 0 Å². The van der Waals surface area contributed by atoms with Crippen LogP contribution < -0.4 is 10.6 Å². The van der Waals surface area contributed by atoms with Crippen LogP contribution in [0.2, 0.25) is 0 Å². The van der Waals surface area contributed by atoms with Crippen molar-refractivity contribution in [3.05, 3.63) is 83.0 Å². The number of hydrogen-bond donors (Lipinski definition) is 2. The van der Waals surface area contributed by atoms with Crippen LogP contribution in [0.15, 0.2) is 66.3 Å². The fraction of sp³-hybridized carbons (Fsp3) is 0.250. The van der Waals surface area contributed by atoms with Gasteiger partial charge in [0.15, 0.2) is 0 Å². The molecule has 31 heavy (non-hydrogen) atoms. The molecule has 3 heterocycles. The van der Waals surface area contributed by atoms with Crippen molar-refractivity contribution in [3.63, 3.8) is 0 Å². The first kappa shape index (κ1) is 19.9. The van der Waals surface area contributed by atoms with Gasteiger partial charge in [-0.2, -0.15) is 5.10 Å². The smallest absolute Gasteiger partial charge is 0.258 e. The number of nitrogens with one attached hydrogen (secondary N) is 2. The Morgan fingerprint density at radius 3 is 2.77 bits per heavy atom. The minimum absolute atomic E-state index is 0.141. The summed E-state index contributed by atoms with van der Waals surface area (Å²) in [5, 5.41) is 14.2. The van der Waals surface area contributed by atoms with Crippen LogP contribution in [0.3, 0.4) is 0 Å². The fourth-order valence-electron chi connectivity index (χ4n) is 3.93. The zero-order chi connectivity index (χ0) is 21.0. The highest BCUT2D eigenvalue weighted by molar-refractivity contribution is 7.17. The number of benzene rings is 2. The number of anilines is 1. The van der Waals surface area contributed by atoms with Gasteiger partial charge in [0.05, 0.1) is 18.3 Å². The molecule has 1 amide bonds. The van der Waals surface area contributed by atoms with Gasteiger partial charge in [-0.1, -0.05) is 30.3 Å². The molecule has 0 radical (unpaired) electrons. The molecule has 2 N–H and O–H groups in total. The molecule has 158 valence electrons. The Bertz CT molecular complexity index is 1180. The molecule has 2 aromatic heterocycles. The van der Waals surface area contributed by atoms with Gasteiger partial charge in [-0.25, -0.2) is 0 Å². The van der Waals surface area contributed by atoms with E-state index in [2.05, 4.69) is 50.3 Å². The molecule has 2 aromatic carbocycles. The lowest BCUT2D eigenvalue weighted by molar-refractivity contribution is 0.102. The van der Waals surface area contributed by atoms with E-state index in [-0.39, 0.29) is 5.91 Å². The topological polar surface area (TPSA) is 62.2 Å². The molecule has 0 aliphatic carbocycles. The van der Waals surface area contributed by atoms with Gasteiger partial charge in [-0.05, 0) is 40.1 Å². The SMILES string of the molecule is O=C(Nc1ccc2scc(CN3CCNCC3)c2c1)c1cnn(Cc2ccccc2)c1. The molecule has 0 saturated carbocycles. The summed E-state index contributed by atoms with van der Waals surface area (Å²) in [6, 6.07) is 16.3. The quantitative estimate of drug-likeness (QED) is 0.487. The number of amides is 1. The van der Waals surface area contributed by atoms with Crippen molar-refractivity contribution in [1.82, 2.24) is 20.0 Å². The van der Waals surface area contributed by atoms with Crippen LogP contribution in [-0.4, -0.2) is 46.8 Å². The Morgan fingerprint density at radius 1 is 1.10 bits per heavy atom. The monoisotopic (exact) mass is 431 g/mol. The van der Waals surface area contributed by atoms with Gasteiger partial charge in [0.2, 0.25) is 0 Å². The van der Waals surface area contributed by atoms with E-state index in [9.17, 15) is 4.79 Å². The van der Waals surface area contributed by atoms with Crippen LogP contribution in [0, 0.1) is 0 Å². The van der Waals surface area contributed by atoms with E-state index in [4.69, 9.17) is 0 Å². The van der Waals surface area contributed by atoms with E-state index in [1.807, 2.05) is 24.3 Å². The summed E-state index contributed by atoms with van der Waals surface area (Å²) in [5.74, 6) is -0.141. The highest BCUT2D eigenvalue weighted by atomic mass is 32.1. The first-order valence-corrected chi connectivity index (χ1v) is 11.4. The molecule has 6 nitrogen and oxygen atoms in total. The van der Waals surface area contributed by atoms with E-state index >= 15 is 0 Å². The number of fused-ring (bicyclic) bond motifs is 1. The first-order valence-electron chi connectivity index (χ1n) is 10.6. The lowest BCUT2D eigenvalue weighted by atomic mass is 10.1. The summed E-state index contributed by atoms with van der Waals surface area (Å²) >= 11 is 1.76. The maximum Gasteiger partial charge on any atom is 0.258 e. The van der Waals surface area contributed by atoms with E-state index < -0.39 is 0 Å². The third kappa shape index (κ3) is 4.69. The fourth-order valence-corrected chi connectivity index (χ4v) is 4.87. The largest absolute Gasteiger partial charge is 0.322 e. The number of hydrogen-bond acceptors (Lipinski definition) is 5. The molecule has 1 aliphatic heterocycles. The van der Waals surface area contributed by atoms with Crippen molar-refractivity contribution in [1.29, 1.82) is 0 Å². The molecule has 4 aromatic rings. The van der Waals surface area contributed by atoms with Crippen molar-refractivity contribution < 1.29 is 4.79 Å². The normalized spacial score (nSPS) is 14.7. The van der Waals surface area contributed by atoms with Crippen molar-refractivity contribution in [3.8, 4) is 0 Å². The zero-order valence-corrected chi connectivity index (χ0v) is 18.1. The Kier molecular flexibility index (Phi) is 5.80. The number of carbonyl (C=O) groups excluding carboxylic acids is 1. The van der Waals surface area contributed by atoms with Crippen molar-refractivity contribution in [2.24, 2.45) is 0 Å².